The summed E-state index contributed by atoms with van der Waals surface area (Å²) in [5.74, 6) is -0.126. The van der Waals surface area contributed by atoms with Gasteiger partial charge in [0.2, 0.25) is 0 Å². The lowest BCUT2D eigenvalue weighted by Crippen LogP contribution is -2.28. The van der Waals surface area contributed by atoms with E-state index in [1.165, 1.54) is 4.90 Å². The van der Waals surface area contributed by atoms with Crippen LogP contribution in [0.3, 0.4) is 0 Å². The average molecular weight is 478 g/mol. The average Bonchev–Trinajstić information content (AvgIpc) is 3.08. The van der Waals surface area contributed by atoms with Crippen molar-refractivity contribution in [2.75, 3.05) is 16.8 Å². The van der Waals surface area contributed by atoms with Crippen molar-refractivity contribution < 1.29 is 14.3 Å². The summed E-state index contributed by atoms with van der Waals surface area (Å²) in [4.78, 5) is 27.1. The molecule has 1 aliphatic rings. The maximum Gasteiger partial charge on any atom is 0.271 e. The topological polar surface area (TPSA) is 82.5 Å². The highest BCUT2D eigenvalue weighted by atomic mass is 35.5. The Hall–Kier alpha value is -3.55. The molecule has 0 unspecified atom stereocenters. The number of aryl methyl sites for hydroxylation is 1. The van der Waals surface area contributed by atoms with Crippen molar-refractivity contribution in [1.29, 1.82) is 5.41 Å². The zero-order valence-electron chi connectivity index (χ0n) is 17.7. The Kier molecular flexibility index (Phi) is 6.82. The Labute approximate surface area is 200 Å². The number of amidine groups is 1. The number of rotatable bonds is 6. The monoisotopic (exact) mass is 477 g/mol. The van der Waals surface area contributed by atoms with E-state index in [0.717, 1.165) is 17.3 Å². The van der Waals surface area contributed by atoms with Crippen molar-refractivity contribution in [1.82, 2.24) is 0 Å². The van der Waals surface area contributed by atoms with Crippen molar-refractivity contribution in [2.45, 2.75) is 6.92 Å². The molecule has 2 N–H and O–H groups in total. The molecule has 6 nitrogen and oxygen atoms in total. The second-order valence-electron chi connectivity index (χ2n) is 7.22. The van der Waals surface area contributed by atoms with E-state index in [4.69, 9.17) is 21.7 Å². The van der Waals surface area contributed by atoms with Crippen LogP contribution in [0.1, 0.15) is 11.1 Å². The summed E-state index contributed by atoms with van der Waals surface area (Å²) in [5.41, 5.74) is 2.86. The molecule has 1 fully saturated rings. The number of nitrogens with zero attached hydrogens (tertiary/aromatic N) is 1. The molecule has 1 heterocycles. The first-order chi connectivity index (χ1) is 15.9. The van der Waals surface area contributed by atoms with Gasteiger partial charge in [-0.1, -0.05) is 48.0 Å². The fourth-order valence-electron chi connectivity index (χ4n) is 3.27. The fourth-order valence-corrected chi connectivity index (χ4v) is 4.24. The van der Waals surface area contributed by atoms with Crippen molar-refractivity contribution in [3.63, 3.8) is 0 Å². The van der Waals surface area contributed by atoms with Crippen molar-refractivity contribution >= 4 is 57.8 Å². The van der Waals surface area contributed by atoms with E-state index >= 15 is 0 Å². The number of benzene rings is 3. The SMILES string of the molecule is Cc1ccccc1N1C(=N)S/C(=C\c2ccccc2OCC(=O)Nc2ccc(Cl)cc2)C1=O. The summed E-state index contributed by atoms with van der Waals surface area (Å²) in [5, 5.41) is 11.8. The first-order valence-electron chi connectivity index (χ1n) is 10.1. The first kappa shape index (κ1) is 22.6. The summed E-state index contributed by atoms with van der Waals surface area (Å²) in [6, 6.07) is 21.4. The predicted octanol–water partition coefficient (Wildman–Crippen LogP) is 5.72. The van der Waals surface area contributed by atoms with Crippen LogP contribution < -0.4 is 15.0 Å². The van der Waals surface area contributed by atoms with E-state index in [9.17, 15) is 9.59 Å². The van der Waals surface area contributed by atoms with Crippen LogP contribution in [0.15, 0.2) is 77.7 Å². The number of nitrogens with one attached hydrogen (secondary N) is 2. The summed E-state index contributed by atoms with van der Waals surface area (Å²) >= 11 is 6.95. The lowest BCUT2D eigenvalue weighted by molar-refractivity contribution is -0.118. The van der Waals surface area contributed by atoms with Crippen LogP contribution in [-0.2, 0) is 9.59 Å². The van der Waals surface area contributed by atoms with Gasteiger partial charge in [-0.15, -0.1) is 0 Å². The van der Waals surface area contributed by atoms with Gasteiger partial charge in [-0.05, 0) is 66.7 Å². The van der Waals surface area contributed by atoms with Crippen LogP contribution >= 0.6 is 23.4 Å². The van der Waals surface area contributed by atoms with Crippen molar-refractivity contribution in [2.24, 2.45) is 0 Å². The fraction of sp³-hybridized carbons (Fsp3) is 0.0800. The number of halogens is 1. The van der Waals surface area contributed by atoms with Crippen LogP contribution in [-0.4, -0.2) is 23.6 Å². The molecule has 1 aliphatic heterocycles. The highest BCUT2D eigenvalue weighted by Gasteiger charge is 2.34. The number of hydrogen-bond donors (Lipinski definition) is 2. The molecule has 3 aromatic carbocycles. The van der Waals surface area contributed by atoms with E-state index < -0.39 is 0 Å². The second kappa shape index (κ2) is 9.94. The molecule has 2 amide bonds. The number of para-hydroxylation sites is 2. The Morgan fingerprint density at radius 1 is 1.09 bits per heavy atom. The summed E-state index contributed by atoms with van der Waals surface area (Å²) in [7, 11) is 0. The number of carbonyl (C=O) groups excluding carboxylic acids is 2. The largest absolute Gasteiger partial charge is 0.483 e. The zero-order valence-corrected chi connectivity index (χ0v) is 19.2. The predicted molar refractivity (Wildman–Crippen MR) is 134 cm³/mol. The van der Waals surface area contributed by atoms with Gasteiger partial charge in [0.15, 0.2) is 11.8 Å². The van der Waals surface area contributed by atoms with Crippen molar-refractivity contribution in [3.8, 4) is 5.75 Å². The summed E-state index contributed by atoms with van der Waals surface area (Å²) in [6.07, 6.45) is 1.69. The molecule has 4 rings (SSSR count). The Morgan fingerprint density at radius 3 is 2.55 bits per heavy atom. The molecule has 33 heavy (non-hydrogen) atoms. The molecule has 3 aromatic rings. The normalized spacial score (nSPS) is 14.6. The number of anilines is 2. The third-order valence-corrected chi connectivity index (χ3v) is 6.01. The van der Waals surface area contributed by atoms with Crippen molar-refractivity contribution in [3.05, 3.63) is 93.9 Å². The Balaban J connectivity index is 1.49. The third kappa shape index (κ3) is 5.27. The lowest BCUT2D eigenvalue weighted by Gasteiger charge is -2.16. The standard InChI is InChI=1S/C25H20ClN3O3S/c1-16-6-2-4-8-20(16)29-24(31)22(33-25(29)27)14-17-7-3-5-9-21(17)32-15-23(30)28-19-12-10-18(26)11-13-19/h2-14,27H,15H2,1H3,(H,28,30)/b22-14-,27-25?. The molecular formula is C25H20ClN3O3S. The van der Waals surface area contributed by atoms with Gasteiger partial charge < -0.3 is 10.1 Å². The first-order valence-corrected chi connectivity index (χ1v) is 11.3. The second-order valence-corrected chi connectivity index (χ2v) is 8.69. The minimum atomic E-state index is -0.321. The number of ether oxygens (including phenoxy) is 1. The van der Waals surface area contributed by atoms with Crippen LogP contribution in [0.5, 0.6) is 5.75 Å². The van der Waals surface area contributed by atoms with Gasteiger partial charge >= 0.3 is 0 Å². The number of hydrogen-bond acceptors (Lipinski definition) is 5. The Bertz CT molecular complexity index is 1260. The molecule has 0 atom stereocenters. The lowest BCUT2D eigenvalue weighted by atomic mass is 10.1. The molecule has 0 aliphatic carbocycles. The molecular weight excluding hydrogens is 458 g/mol. The Morgan fingerprint density at radius 2 is 1.79 bits per heavy atom. The highest BCUT2D eigenvalue weighted by Crippen LogP contribution is 2.37. The molecule has 166 valence electrons. The smallest absolute Gasteiger partial charge is 0.271 e. The number of carbonyl (C=O) groups is 2. The third-order valence-electron chi connectivity index (χ3n) is 4.87. The molecule has 0 saturated carbocycles. The molecule has 8 heteroatoms. The van der Waals surface area contributed by atoms with Gasteiger partial charge in [-0.25, -0.2) is 0 Å². The van der Waals surface area contributed by atoms with Gasteiger partial charge in [-0.2, -0.15) is 0 Å². The maximum absolute atomic E-state index is 13.1. The van der Waals surface area contributed by atoms with Gasteiger partial charge in [0, 0.05) is 16.3 Å². The number of thioether (sulfide) groups is 1. The van der Waals surface area contributed by atoms with Gasteiger partial charge in [0.1, 0.15) is 5.75 Å². The van der Waals surface area contributed by atoms with Crippen LogP contribution in [0.4, 0.5) is 11.4 Å². The van der Waals surface area contributed by atoms with Crippen LogP contribution in [0.25, 0.3) is 6.08 Å². The minimum Gasteiger partial charge on any atom is -0.483 e. The summed E-state index contributed by atoms with van der Waals surface area (Å²) in [6.45, 7) is 1.70. The quantitative estimate of drug-likeness (QED) is 0.445. The van der Waals surface area contributed by atoms with Crippen LogP contribution in [0, 0.1) is 12.3 Å². The van der Waals surface area contributed by atoms with E-state index in [1.54, 1.807) is 48.5 Å². The molecule has 0 radical (unpaired) electrons. The molecule has 0 spiro atoms. The van der Waals surface area contributed by atoms with Gasteiger partial charge in [0.25, 0.3) is 11.8 Å². The summed E-state index contributed by atoms with van der Waals surface area (Å²) < 4.78 is 5.73. The molecule has 0 aromatic heterocycles. The highest BCUT2D eigenvalue weighted by molar-refractivity contribution is 8.19. The van der Waals surface area contributed by atoms with Crippen LogP contribution in [0.2, 0.25) is 5.02 Å². The van der Waals surface area contributed by atoms with E-state index in [-0.39, 0.29) is 23.6 Å². The van der Waals surface area contributed by atoms with E-state index in [2.05, 4.69) is 5.32 Å². The van der Waals surface area contributed by atoms with E-state index in [0.29, 0.717) is 32.6 Å². The van der Waals surface area contributed by atoms with E-state index in [1.807, 2.05) is 37.3 Å². The molecule has 1 saturated heterocycles. The molecule has 0 bridgehead atoms. The zero-order chi connectivity index (χ0) is 23.4. The van der Waals surface area contributed by atoms with Gasteiger partial charge in [-0.3, -0.25) is 19.9 Å². The van der Waals surface area contributed by atoms with Gasteiger partial charge in [0.05, 0.1) is 10.6 Å². The number of amides is 2. The maximum atomic E-state index is 13.1. The minimum absolute atomic E-state index is 0.140.